The molecule has 3 heterocycles. The molecule has 9 heteroatoms. The number of amides is 4. The molecule has 0 saturated carbocycles. The van der Waals surface area contributed by atoms with E-state index in [2.05, 4.69) is 10.3 Å². The second-order valence-electron chi connectivity index (χ2n) is 8.56. The van der Waals surface area contributed by atoms with Gasteiger partial charge in [0.1, 0.15) is 17.1 Å². The Labute approximate surface area is 191 Å². The van der Waals surface area contributed by atoms with Gasteiger partial charge < -0.3 is 15.2 Å². The SMILES string of the molecule is CCCCC1(c2ccc(F)cc2)NC(=O)N(CC(=O)c2c[nH]c(C(=O)N3CCCC3)c2)C1=O. The fourth-order valence-electron chi connectivity index (χ4n) is 4.46. The lowest BCUT2D eigenvalue weighted by molar-refractivity contribution is -0.131. The molecule has 2 saturated heterocycles. The lowest BCUT2D eigenvalue weighted by Gasteiger charge is -2.27. The number of likely N-dealkylation sites (tertiary alicyclic amines) is 1. The number of ketones is 1. The Bertz CT molecular complexity index is 1070. The zero-order chi connectivity index (χ0) is 23.6. The second-order valence-corrected chi connectivity index (χ2v) is 8.56. The van der Waals surface area contributed by atoms with Gasteiger partial charge >= 0.3 is 6.03 Å². The van der Waals surface area contributed by atoms with Crippen LogP contribution in [0.2, 0.25) is 0 Å². The van der Waals surface area contributed by atoms with Crippen molar-refractivity contribution in [3.63, 3.8) is 0 Å². The average molecular weight is 455 g/mol. The maximum absolute atomic E-state index is 13.5. The normalized spacial score (nSPS) is 20.4. The average Bonchev–Trinajstić information content (AvgIpc) is 3.55. The highest BCUT2D eigenvalue weighted by Gasteiger charge is 2.52. The van der Waals surface area contributed by atoms with Crippen LogP contribution in [-0.2, 0) is 10.3 Å². The summed E-state index contributed by atoms with van der Waals surface area (Å²) in [6, 6.07) is 6.25. The first kappa shape index (κ1) is 22.7. The molecule has 0 radical (unpaired) electrons. The van der Waals surface area contributed by atoms with Gasteiger partial charge in [0.15, 0.2) is 5.78 Å². The van der Waals surface area contributed by atoms with E-state index in [1.165, 1.54) is 36.5 Å². The molecule has 2 aliphatic rings. The molecule has 1 atom stereocenters. The molecule has 0 aliphatic carbocycles. The molecule has 33 heavy (non-hydrogen) atoms. The van der Waals surface area contributed by atoms with E-state index in [0.717, 1.165) is 24.2 Å². The summed E-state index contributed by atoms with van der Waals surface area (Å²) >= 11 is 0. The number of hydrogen-bond acceptors (Lipinski definition) is 4. The van der Waals surface area contributed by atoms with Crippen molar-refractivity contribution in [3.8, 4) is 0 Å². The van der Waals surface area contributed by atoms with E-state index in [9.17, 15) is 23.6 Å². The molecule has 1 aromatic carbocycles. The van der Waals surface area contributed by atoms with Crippen LogP contribution in [0.1, 0.15) is 65.4 Å². The molecular formula is C24H27FN4O4. The number of H-pyrrole nitrogens is 1. The maximum Gasteiger partial charge on any atom is 0.325 e. The highest BCUT2D eigenvalue weighted by molar-refractivity contribution is 6.11. The van der Waals surface area contributed by atoms with Gasteiger partial charge in [-0.1, -0.05) is 31.9 Å². The summed E-state index contributed by atoms with van der Waals surface area (Å²) in [4.78, 5) is 57.0. The first-order valence-electron chi connectivity index (χ1n) is 11.3. The number of nitrogens with zero attached hydrogens (tertiary/aromatic N) is 2. The molecule has 4 rings (SSSR count). The predicted octanol–water partition coefficient (Wildman–Crippen LogP) is 3.21. The summed E-state index contributed by atoms with van der Waals surface area (Å²) in [5.41, 5.74) is -0.325. The molecule has 174 valence electrons. The van der Waals surface area contributed by atoms with Crippen LogP contribution in [0, 0.1) is 5.82 Å². The third-order valence-electron chi connectivity index (χ3n) is 6.35. The summed E-state index contributed by atoms with van der Waals surface area (Å²) in [6.07, 6.45) is 5.13. The fourth-order valence-corrected chi connectivity index (χ4v) is 4.46. The number of unbranched alkanes of at least 4 members (excludes halogenated alkanes) is 1. The van der Waals surface area contributed by atoms with Crippen molar-refractivity contribution in [1.82, 2.24) is 20.1 Å². The monoisotopic (exact) mass is 454 g/mol. The number of carbonyl (C=O) groups excluding carboxylic acids is 4. The van der Waals surface area contributed by atoms with Crippen LogP contribution in [0.25, 0.3) is 0 Å². The first-order chi connectivity index (χ1) is 15.9. The zero-order valence-electron chi connectivity index (χ0n) is 18.5. The van der Waals surface area contributed by atoms with Crippen LogP contribution in [0.15, 0.2) is 36.5 Å². The highest BCUT2D eigenvalue weighted by Crippen LogP contribution is 2.34. The Kier molecular flexibility index (Phi) is 6.31. The van der Waals surface area contributed by atoms with Crippen LogP contribution >= 0.6 is 0 Å². The molecule has 1 aromatic heterocycles. The molecule has 4 amide bonds. The lowest BCUT2D eigenvalue weighted by Crippen LogP contribution is -2.44. The van der Waals surface area contributed by atoms with Gasteiger partial charge in [-0.2, -0.15) is 0 Å². The van der Waals surface area contributed by atoms with E-state index in [1.54, 1.807) is 4.90 Å². The van der Waals surface area contributed by atoms with Crippen molar-refractivity contribution in [1.29, 1.82) is 0 Å². The fraction of sp³-hybridized carbons (Fsp3) is 0.417. The maximum atomic E-state index is 13.5. The Hall–Kier alpha value is -3.49. The van der Waals surface area contributed by atoms with E-state index < -0.39 is 35.6 Å². The van der Waals surface area contributed by atoms with Gasteiger partial charge in [0.25, 0.3) is 11.8 Å². The molecule has 1 unspecified atom stereocenters. The molecule has 2 aliphatic heterocycles. The highest BCUT2D eigenvalue weighted by atomic mass is 19.1. The number of urea groups is 1. The van der Waals surface area contributed by atoms with E-state index in [0.29, 0.717) is 37.2 Å². The predicted molar refractivity (Wildman–Crippen MR) is 118 cm³/mol. The molecule has 2 fully saturated rings. The lowest BCUT2D eigenvalue weighted by atomic mass is 9.84. The summed E-state index contributed by atoms with van der Waals surface area (Å²) in [7, 11) is 0. The van der Waals surface area contributed by atoms with Crippen LogP contribution < -0.4 is 5.32 Å². The summed E-state index contributed by atoms with van der Waals surface area (Å²) < 4.78 is 13.5. The van der Waals surface area contributed by atoms with Crippen molar-refractivity contribution < 1.29 is 23.6 Å². The quantitative estimate of drug-likeness (QED) is 0.472. The Morgan fingerprint density at radius 1 is 1.12 bits per heavy atom. The smallest absolute Gasteiger partial charge is 0.325 e. The van der Waals surface area contributed by atoms with Gasteiger partial charge in [-0.25, -0.2) is 9.18 Å². The van der Waals surface area contributed by atoms with Crippen LogP contribution in [0.4, 0.5) is 9.18 Å². The third kappa shape index (κ3) is 4.27. The summed E-state index contributed by atoms with van der Waals surface area (Å²) in [5.74, 6) is -1.61. The minimum atomic E-state index is -1.34. The minimum absolute atomic E-state index is 0.170. The zero-order valence-corrected chi connectivity index (χ0v) is 18.5. The number of benzene rings is 1. The van der Waals surface area contributed by atoms with Gasteiger partial charge in [0, 0.05) is 24.8 Å². The Balaban J connectivity index is 1.52. The van der Waals surface area contributed by atoms with Crippen LogP contribution in [0.3, 0.4) is 0 Å². The van der Waals surface area contributed by atoms with Gasteiger partial charge in [0.05, 0.1) is 6.54 Å². The second kappa shape index (κ2) is 9.17. The number of Topliss-reactive ketones (excluding diaryl/α,β-unsaturated/α-hetero) is 1. The molecule has 8 nitrogen and oxygen atoms in total. The molecular weight excluding hydrogens is 427 g/mol. The summed E-state index contributed by atoms with van der Waals surface area (Å²) in [6.45, 7) is 2.89. The number of imide groups is 1. The molecule has 2 N–H and O–H groups in total. The van der Waals surface area contributed by atoms with Crippen molar-refractivity contribution in [2.75, 3.05) is 19.6 Å². The topological polar surface area (TPSA) is 103 Å². The number of carbonyl (C=O) groups is 4. The van der Waals surface area contributed by atoms with E-state index in [4.69, 9.17) is 0 Å². The molecule has 0 spiro atoms. The Morgan fingerprint density at radius 3 is 2.48 bits per heavy atom. The number of rotatable bonds is 8. The van der Waals surface area contributed by atoms with Crippen molar-refractivity contribution in [2.24, 2.45) is 0 Å². The van der Waals surface area contributed by atoms with Gasteiger partial charge in [-0.15, -0.1) is 0 Å². The van der Waals surface area contributed by atoms with E-state index in [1.807, 2.05) is 6.92 Å². The van der Waals surface area contributed by atoms with E-state index >= 15 is 0 Å². The van der Waals surface area contributed by atoms with E-state index in [-0.39, 0.29) is 11.5 Å². The van der Waals surface area contributed by atoms with Crippen LogP contribution in [-0.4, -0.2) is 58.0 Å². The van der Waals surface area contributed by atoms with Crippen molar-refractivity contribution in [3.05, 3.63) is 59.2 Å². The minimum Gasteiger partial charge on any atom is -0.356 e. The standard InChI is InChI=1S/C24H27FN4O4/c1-2-3-10-24(17-6-8-18(25)9-7-17)22(32)29(23(33)27-24)15-20(30)16-13-19(26-14-16)21(31)28-11-4-5-12-28/h6-9,13-14,26H,2-5,10-12,15H2,1H3,(H,27,33). The first-order valence-corrected chi connectivity index (χ1v) is 11.3. The van der Waals surface area contributed by atoms with Gasteiger partial charge in [-0.05, 0) is 43.0 Å². The molecule has 2 aromatic rings. The largest absolute Gasteiger partial charge is 0.356 e. The summed E-state index contributed by atoms with van der Waals surface area (Å²) in [5, 5.41) is 2.75. The van der Waals surface area contributed by atoms with Crippen LogP contribution in [0.5, 0.6) is 0 Å². The number of halogens is 1. The number of aromatic amines is 1. The molecule has 0 bridgehead atoms. The van der Waals surface area contributed by atoms with Crippen molar-refractivity contribution in [2.45, 2.75) is 44.6 Å². The van der Waals surface area contributed by atoms with Gasteiger partial charge in [-0.3, -0.25) is 19.3 Å². The van der Waals surface area contributed by atoms with Crippen molar-refractivity contribution >= 4 is 23.6 Å². The number of aromatic nitrogens is 1. The number of nitrogens with one attached hydrogen (secondary N) is 2. The number of hydrogen-bond donors (Lipinski definition) is 2. The Morgan fingerprint density at radius 2 is 1.82 bits per heavy atom. The van der Waals surface area contributed by atoms with Gasteiger partial charge in [0.2, 0.25) is 0 Å². The third-order valence-corrected chi connectivity index (χ3v) is 6.35.